The summed E-state index contributed by atoms with van der Waals surface area (Å²) in [6.45, 7) is 7.75. The number of likely N-dealkylation sites (tertiary alicyclic amines) is 1. The van der Waals surface area contributed by atoms with Crippen LogP contribution >= 0.6 is 12.4 Å². The van der Waals surface area contributed by atoms with Gasteiger partial charge in [-0.15, -0.1) is 17.5 Å². The van der Waals surface area contributed by atoms with E-state index in [-0.39, 0.29) is 12.4 Å². The van der Waals surface area contributed by atoms with E-state index < -0.39 is 0 Å². The summed E-state index contributed by atoms with van der Waals surface area (Å²) in [5, 5.41) is 11.5. The van der Waals surface area contributed by atoms with E-state index >= 15 is 0 Å². The molecule has 1 saturated heterocycles. The first-order chi connectivity index (χ1) is 8.28. The van der Waals surface area contributed by atoms with Gasteiger partial charge in [0.15, 0.2) is 0 Å². The van der Waals surface area contributed by atoms with E-state index in [2.05, 4.69) is 27.5 Å². The summed E-state index contributed by atoms with van der Waals surface area (Å²) in [5.41, 5.74) is 1.08. The summed E-state index contributed by atoms with van der Waals surface area (Å²) in [6.07, 6.45) is 4.60. The fourth-order valence-corrected chi connectivity index (χ4v) is 2.39. The molecule has 0 amide bonds. The Kier molecular flexibility index (Phi) is 6.60. The predicted molar refractivity (Wildman–Crippen MR) is 74.8 cm³/mol. The second-order valence-electron chi connectivity index (χ2n) is 4.91. The Hall–Kier alpha value is -0.650. The summed E-state index contributed by atoms with van der Waals surface area (Å²) < 4.78 is 1.77. The van der Waals surface area contributed by atoms with Gasteiger partial charge in [-0.1, -0.05) is 12.1 Å². The van der Waals surface area contributed by atoms with Crippen LogP contribution in [0, 0.1) is 5.92 Å². The van der Waals surface area contributed by atoms with Gasteiger partial charge in [0.25, 0.3) is 0 Å². The van der Waals surface area contributed by atoms with E-state index in [1.807, 2.05) is 13.2 Å². The number of piperidine rings is 1. The van der Waals surface area contributed by atoms with Crippen LogP contribution in [0.5, 0.6) is 0 Å². The zero-order chi connectivity index (χ0) is 12.1. The van der Waals surface area contributed by atoms with E-state index in [0.29, 0.717) is 0 Å². The smallest absolute Gasteiger partial charge is 0.0966 e. The van der Waals surface area contributed by atoms with Crippen molar-refractivity contribution >= 4 is 12.4 Å². The Labute approximate surface area is 115 Å². The molecule has 0 radical (unpaired) electrons. The standard InChI is InChI=1S/C12H23N5.ClH/c1-3-13-8-11-4-6-17(7-5-11)10-12-9-16(2)15-14-12;/h9,11,13H,3-8,10H2,1-2H3;1H. The zero-order valence-electron chi connectivity index (χ0n) is 11.3. The average Bonchev–Trinajstić information content (AvgIpc) is 2.74. The van der Waals surface area contributed by atoms with E-state index in [1.54, 1.807) is 4.68 Å². The average molecular weight is 274 g/mol. The molecule has 1 aliphatic heterocycles. The number of nitrogens with one attached hydrogen (secondary N) is 1. The van der Waals surface area contributed by atoms with Crippen molar-refractivity contribution in [2.75, 3.05) is 26.2 Å². The molecule has 0 aliphatic carbocycles. The molecule has 2 rings (SSSR count). The number of aryl methyl sites for hydroxylation is 1. The van der Waals surface area contributed by atoms with Gasteiger partial charge in [0, 0.05) is 19.8 Å². The van der Waals surface area contributed by atoms with Crippen LogP contribution in [0.25, 0.3) is 0 Å². The van der Waals surface area contributed by atoms with Crippen molar-refractivity contribution in [1.29, 1.82) is 0 Å². The monoisotopic (exact) mass is 273 g/mol. The van der Waals surface area contributed by atoms with Crippen LogP contribution < -0.4 is 5.32 Å². The van der Waals surface area contributed by atoms with Crippen LogP contribution in [0.2, 0.25) is 0 Å². The minimum Gasteiger partial charge on any atom is -0.317 e. The van der Waals surface area contributed by atoms with Gasteiger partial charge in [-0.05, 0) is 44.9 Å². The van der Waals surface area contributed by atoms with Crippen LogP contribution in [0.3, 0.4) is 0 Å². The maximum Gasteiger partial charge on any atom is 0.0966 e. The Morgan fingerprint density at radius 1 is 1.39 bits per heavy atom. The van der Waals surface area contributed by atoms with Crippen molar-refractivity contribution in [3.63, 3.8) is 0 Å². The molecule has 2 heterocycles. The highest BCUT2D eigenvalue weighted by Gasteiger charge is 2.19. The van der Waals surface area contributed by atoms with Crippen molar-refractivity contribution in [3.05, 3.63) is 11.9 Å². The first-order valence-electron chi connectivity index (χ1n) is 6.56. The lowest BCUT2D eigenvalue weighted by molar-refractivity contribution is 0.174. The lowest BCUT2D eigenvalue weighted by Gasteiger charge is -2.31. The molecule has 1 N–H and O–H groups in total. The lowest BCUT2D eigenvalue weighted by Crippen LogP contribution is -2.36. The molecule has 0 saturated carbocycles. The quantitative estimate of drug-likeness (QED) is 0.871. The maximum absolute atomic E-state index is 4.14. The largest absolute Gasteiger partial charge is 0.317 e. The minimum atomic E-state index is 0. The SMILES string of the molecule is CCNCC1CCN(Cc2cn(C)nn2)CC1.Cl. The lowest BCUT2D eigenvalue weighted by atomic mass is 9.97. The summed E-state index contributed by atoms with van der Waals surface area (Å²) in [4.78, 5) is 2.48. The second-order valence-corrected chi connectivity index (χ2v) is 4.91. The Balaban J connectivity index is 0.00000162. The first kappa shape index (κ1) is 15.4. The topological polar surface area (TPSA) is 46.0 Å². The van der Waals surface area contributed by atoms with Crippen LogP contribution in [0.1, 0.15) is 25.5 Å². The highest BCUT2D eigenvalue weighted by molar-refractivity contribution is 5.85. The van der Waals surface area contributed by atoms with Crippen molar-refractivity contribution in [1.82, 2.24) is 25.2 Å². The van der Waals surface area contributed by atoms with E-state index in [0.717, 1.165) is 24.7 Å². The van der Waals surface area contributed by atoms with Gasteiger partial charge >= 0.3 is 0 Å². The number of nitrogens with zero attached hydrogens (tertiary/aromatic N) is 4. The third-order valence-corrected chi connectivity index (χ3v) is 3.43. The number of hydrogen-bond acceptors (Lipinski definition) is 4. The molecule has 1 aromatic rings. The Morgan fingerprint density at radius 3 is 2.67 bits per heavy atom. The molecular formula is C12H24ClN5. The predicted octanol–water partition coefficient (Wildman–Crippen LogP) is 1.06. The Morgan fingerprint density at radius 2 is 2.11 bits per heavy atom. The number of rotatable bonds is 5. The van der Waals surface area contributed by atoms with Crippen molar-refractivity contribution < 1.29 is 0 Å². The molecule has 0 unspecified atom stereocenters. The van der Waals surface area contributed by atoms with Crippen molar-refractivity contribution in [2.24, 2.45) is 13.0 Å². The third kappa shape index (κ3) is 4.55. The number of hydrogen-bond donors (Lipinski definition) is 1. The molecule has 5 nitrogen and oxygen atoms in total. The summed E-state index contributed by atoms with van der Waals surface area (Å²) in [6, 6.07) is 0. The maximum atomic E-state index is 4.14. The van der Waals surface area contributed by atoms with Crippen molar-refractivity contribution in [2.45, 2.75) is 26.3 Å². The molecule has 6 heteroatoms. The minimum absolute atomic E-state index is 0. The van der Waals surface area contributed by atoms with Crippen molar-refractivity contribution in [3.8, 4) is 0 Å². The highest BCUT2D eigenvalue weighted by Crippen LogP contribution is 2.17. The molecule has 0 aromatic carbocycles. The van der Waals surface area contributed by atoms with Crippen LogP contribution in [0.15, 0.2) is 6.20 Å². The summed E-state index contributed by atoms with van der Waals surface area (Å²) >= 11 is 0. The summed E-state index contributed by atoms with van der Waals surface area (Å²) in [7, 11) is 1.92. The third-order valence-electron chi connectivity index (χ3n) is 3.43. The fourth-order valence-electron chi connectivity index (χ4n) is 2.39. The molecule has 1 aromatic heterocycles. The van der Waals surface area contributed by atoms with Gasteiger partial charge in [0.05, 0.1) is 5.69 Å². The van der Waals surface area contributed by atoms with E-state index in [1.165, 1.54) is 32.5 Å². The molecule has 1 aliphatic rings. The van der Waals surface area contributed by atoms with Gasteiger partial charge in [0.1, 0.15) is 0 Å². The molecule has 1 fully saturated rings. The van der Waals surface area contributed by atoms with Gasteiger partial charge in [-0.25, -0.2) is 0 Å². The van der Waals surface area contributed by atoms with E-state index in [4.69, 9.17) is 0 Å². The fraction of sp³-hybridized carbons (Fsp3) is 0.833. The van der Waals surface area contributed by atoms with Gasteiger partial charge in [0.2, 0.25) is 0 Å². The van der Waals surface area contributed by atoms with Crippen LogP contribution in [-0.4, -0.2) is 46.1 Å². The molecule has 0 atom stereocenters. The molecular weight excluding hydrogens is 250 g/mol. The number of halogens is 1. The molecule has 0 spiro atoms. The van der Waals surface area contributed by atoms with Crippen LogP contribution in [-0.2, 0) is 13.6 Å². The molecule has 0 bridgehead atoms. The summed E-state index contributed by atoms with van der Waals surface area (Å²) in [5.74, 6) is 0.855. The second kappa shape index (κ2) is 7.71. The number of aromatic nitrogens is 3. The van der Waals surface area contributed by atoms with Gasteiger partial charge in [-0.3, -0.25) is 9.58 Å². The van der Waals surface area contributed by atoms with Gasteiger partial charge in [-0.2, -0.15) is 0 Å². The highest BCUT2D eigenvalue weighted by atomic mass is 35.5. The van der Waals surface area contributed by atoms with Crippen LogP contribution in [0.4, 0.5) is 0 Å². The van der Waals surface area contributed by atoms with Gasteiger partial charge < -0.3 is 5.32 Å². The first-order valence-corrected chi connectivity index (χ1v) is 6.56. The normalized spacial score (nSPS) is 17.7. The molecule has 18 heavy (non-hydrogen) atoms. The zero-order valence-corrected chi connectivity index (χ0v) is 12.1. The van der Waals surface area contributed by atoms with E-state index in [9.17, 15) is 0 Å². The molecule has 104 valence electrons. The Bertz CT molecular complexity index is 333.